The van der Waals surface area contributed by atoms with Crippen molar-refractivity contribution in [1.29, 1.82) is 0 Å². The van der Waals surface area contributed by atoms with Gasteiger partial charge in [0, 0.05) is 12.6 Å². The number of carbonyl (C=O) groups excluding carboxylic acids is 1. The maximum absolute atomic E-state index is 12.4. The molecule has 1 aliphatic heterocycles. The molecule has 1 aromatic carbocycles. The van der Waals surface area contributed by atoms with E-state index in [1.54, 1.807) is 0 Å². The van der Waals surface area contributed by atoms with Crippen molar-refractivity contribution in [3.8, 4) is 5.75 Å². The molecule has 1 unspecified atom stereocenters. The average Bonchev–Trinajstić information content (AvgIpc) is 2.73. The van der Waals surface area contributed by atoms with E-state index in [4.69, 9.17) is 4.74 Å². The Hall–Kier alpha value is -1.55. The van der Waals surface area contributed by atoms with E-state index in [0.717, 1.165) is 19.5 Å². The Balaban J connectivity index is 2.09. The van der Waals surface area contributed by atoms with Crippen molar-refractivity contribution in [3.63, 3.8) is 0 Å². The Labute approximate surface area is 121 Å². The minimum atomic E-state index is -0.316. The molecule has 0 saturated carbocycles. The molecule has 4 nitrogen and oxygen atoms in total. The fourth-order valence-electron chi connectivity index (χ4n) is 2.39. The van der Waals surface area contributed by atoms with Gasteiger partial charge in [0.25, 0.3) is 5.91 Å². The highest BCUT2D eigenvalue weighted by Crippen LogP contribution is 2.23. The fraction of sp³-hybridized carbons (Fsp3) is 0.562. The Morgan fingerprint density at radius 2 is 2.05 bits per heavy atom. The quantitative estimate of drug-likeness (QED) is 0.921. The molecule has 1 heterocycles. The molecular formula is C16H24N2O2. The van der Waals surface area contributed by atoms with Gasteiger partial charge in [-0.15, -0.1) is 0 Å². The number of amides is 1. The number of hydrogen-bond donors (Lipinski definition) is 1. The number of likely N-dealkylation sites (tertiary alicyclic amines) is 1. The average molecular weight is 276 g/mol. The molecule has 0 spiro atoms. The summed E-state index contributed by atoms with van der Waals surface area (Å²) < 4.78 is 5.87. The van der Waals surface area contributed by atoms with Crippen LogP contribution in [0.4, 0.5) is 0 Å². The first-order valence-electron chi connectivity index (χ1n) is 7.12. The van der Waals surface area contributed by atoms with Crippen LogP contribution in [0.1, 0.15) is 37.6 Å². The van der Waals surface area contributed by atoms with Crippen molar-refractivity contribution >= 4 is 5.91 Å². The number of nitrogens with one attached hydrogen (secondary N) is 1. The summed E-state index contributed by atoms with van der Waals surface area (Å²) in [5.74, 6) is 0.592. The van der Waals surface area contributed by atoms with Gasteiger partial charge in [-0.05, 0) is 52.9 Å². The summed E-state index contributed by atoms with van der Waals surface area (Å²) in [7, 11) is 2.07. The summed E-state index contributed by atoms with van der Waals surface area (Å²) >= 11 is 0. The van der Waals surface area contributed by atoms with Crippen LogP contribution < -0.4 is 10.1 Å². The lowest BCUT2D eigenvalue weighted by molar-refractivity contribution is 0.0918. The summed E-state index contributed by atoms with van der Waals surface area (Å²) in [6.07, 6.45) is 1.00. The minimum Gasteiger partial charge on any atom is -0.487 e. The number of rotatable bonds is 3. The number of para-hydroxylation sites is 1. The Kier molecular flexibility index (Phi) is 4.33. The second-order valence-electron chi connectivity index (χ2n) is 6.43. The van der Waals surface area contributed by atoms with Gasteiger partial charge < -0.3 is 15.0 Å². The van der Waals surface area contributed by atoms with Gasteiger partial charge in [-0.1, -0.05) is 12.1 Å². The van der Waals surface area contributed by atoms with Crippen molar-refractivity contribution in [2.45, 2.75) is 38.8 Å². The van der Waals surface area contributed by atoms with E-state index >= 15 is 0 Å². The molecule has 2 rings (SSSR count). The van der Waals surface area contributed by atoms with E-state index in [9.17, 15) is 4.79 Å². The predicted molar refractivity (Wildman–Crippen MR) is 80.2 cm³/mol. The maximum Gasteiger partial charge on any atom is 0.255 e. The zero-order valence-electron chi connectivity index (χ0n) is 12.8. The number of ether oxygens (including phenoxy) is 1. The molecule has 0 aromatic heterocycles. The zero-order chi connectivity index (χ0) is 14.8. The first-order chi connectivity index (χ1) is 9.35. The third-order valence-corrected chi connectivity index (χ3v) is 3.27. The molecule has 20 heavy (non-hydrogen) atoms. The van der Waals surface area contributed by atoms with E-state index in [1.165, 1.54) is 0 Å². The number of likely N-dealkylation sites (N-methyl/N-ethyl adjacent to an activating group) is 1. The van der Waals surface area contributed by atoms with Crippen molar-refractivity contribution < 1.29 is 9.53 Å². The largest absolute Gasteiger partial charge is 0.487 e. The molecule has 0 aliphatic carbocycles. The van der Waals surface area contributed by atoms with Gasteiger partial charge in [-0.2, -0.15) is 0 Å². The van der Waals surface area contributed by atoms with Crippen LogP contribution in [0.2, 0.25) is 0 Å². The third-order valence-electron chi connectivity index (χ3n) is 3.27. The van der Waals surface area contributed by atoms with E-state index in [1.807, 2.05) is 45.0 Å². The monoisotopic (exact) mass is 276 g/mol. The van der Waals surface area contributed by atoms with Gasteiger partial charge in [0.15, 0.2) is 0 Å². The van der Waals surface area contributed by atoms with Crippen molar-refractivity contribution in [2.24, 2.45) is 0 Å². The molecule has 1 fully saturated rings. The van der Waals surface area contributed by atoms with E-state index in [2.05, 4.69) is 17.3 Å². The molecule has 1 aliphatic rings. The molecule has 1 amide bonds. The normalized spacial score (nSPS) is 19.9. The predicted octanol–water partition coefficient (Wildman–Crippen LogP) is 2.30. The smallest absolute Gasteiger partial charge is 0.255 e. The van der Waals surface area contributed by atoms with Crippen LogP contribution in [0.5, 0.6) is 5.75 Å². The SMILES string of the molecule is CN1CCC(NC(=O)c2ccccc2OC(C)(C)C)C1. The van der Waals surface area contributed by atoms with Gasteiger partial charge in [-0.25, -0.2) is 0 Å². The lowest BCUT2D eigenvalue weighted by atomic mass is 10.1. The molecule has 110 valence electrons. The lowest BCUT2D eigenvalue weighted by Crippen LogP contribution is -2.37. The highest BCUT2D eigenvalue weighted by atomic mass is 16.5. The standard InChI is InChI=1S/C16H24N2O2/c1-16(2,3)20-14-8-6-5-7-13(14)15(19)17-12-9-10-18(4)11-12/h5-8,12H,9-11H2,1-4H3,(H,17,19). The van der Waals surface area contributed by atoms with Crippen LogP contribution in [-0.2, 0) is 0 Å². The van der Waals surface area contributed by atoms with E-state index in [-0.39, 0.29) is 17.6 Å². The van der Waals surface area contributed by atoms with Gasteiger partial charge in [0.2, 0.25) is 0 Å². The number of nitrogens with zero attached hydrogens (tertiary/aromatic N) is 1. The molecule has 1 aromatic rings. The minimum absolute atomic E-state index is 0.0508. The Morgan fingerprint density at radius 3 is 2.65 bits per heavy atom. The van der Waals surface area contributed by atoms with Crippen LogP contribution in [0.3, 0.4) is 0 Å². The number of hydrogen-bond acceptors (Lipinski definition) is 3. The Bertz CT molecular complexity index is 480. The maximum atomic E-state index is 12.4. The van der Waals surface area contributed by atoms with Gasteiger partial charge in [0.05, 0.1) is 5.56 Å². The molecule has 0 radical (unpaired) electrons. The van der Waals surface area contributed by atoms with Crippen LogP contribution in [-0.4, -0.2) is 42.6 Å². The second kappa shape index (κ2) is 5.83. The highest BCUT2D eigenvalue weighted by molar-refractivity contribution is 5.97. The summed E-state index contributed by atoms with van der Waals surface area (Å²) in [4.78, 5) is 14.6. The van der Waals surface area contributed by atoms with Gasteiger partial charge in [-0.3, -0.25) is 4.79 Å². The molecule has 4 heteroatoms. The van der Waals surface area contributed by atoms with Crippen molar-refractivity contribution in [1.82, 2.24) is 10.2 Å². The summed E-state index contributed by atoms with van der Waals surface area (Å²) in [5.41, 5.74) is 0.293. The highest BCUT2D eigenvalue weighted by Gasteiger charge is 2.24. The summed E-state index contributed by atoms with van der Waals surface area (Å²) in [5, 5.41) is 3.09. The number of carbonyl (C=O) groups is 1. The molecule has 1 saturated heterocycles. The summed E-state index contributed by atoms with van der Waals surface area (Å²) in [6, 6.07) is 7.65. The van der Waals surface area contributed by atoms with E-state index in [0.29, 0.717) is 11.3 Å². The fourth-order valence-corrected chi connectivity index (χ4v) is 2.39. The van der Waals surface area contributed by atoms with Crippen molar-refractivity contribution in [2.75, 3.05) is 20.1 Å². The zero-order valence-corrected chi connectivity index (χ0v) is 12.8. The van der Waals surface area contributed by atoms with Crippen LogP contribution in [0.25, 0.3) is 0 Å². The topological polar surface area (TPSA) is 41.6 Å². The number of benzene rings is 1. The second-order valence-corrected chi connectivity index (χ2v) is 6.43. The lowest BCUT2D eigenvalue weighted by Gasteiger charge is -2.23. The molecule has 0 bridgehead atoms. The van der Waals surface area contributed by atoms with E-state index < -0.39 is 0 Å². The van der Waals surface area contributed by atoms with Crippen LogP contribution in [0, 0.1) is 0 Å². The molecule has 1 atom stereocenters. The molecular weight excluding hydrogens is 252 g/mol. The van der Waals surface area contributed by atoms with Gasteiger partial charge >= 0.3 is 0 Å². The van der Waals surface area contributed by atoms with Crippen LogP contribution >= 0.6 is 0 Å². The first-order valence-corrected chi connectivity index (χ1v) is 7.12. The van der Waals surface area contributed by atoms with Crippen LogP contribution in [0.15, 0.2) is 24.3 Å². The first kappa shape index (κ1) is 14.9. The summed E-state index contributed by atoms with van der Waals surface area (Å²) in [6.45, 7) is 7.88. The van der Waals surface area contributed by atoms with Crippen molar-refractivity contribution in [3.05, 3.63) is 29.8 Å². The van der Waals surface area contributed by atoms with Gasteiger partial charge in [0.1, 0.15) is 11.4 Å². The molecule has 1 N–H and O–H groups in total. The third kappa shape index (κ3) is 3.97. The Morgan fingerprint density at radius 1 is 1.35 bits per heavy atom.